The number of hydrogen-bond donors (Lipinski definition) is 0. The molecule has 0 spiro atoms. The molecule has 0 radical (unpaired) electrons. The monoisotopic (exact) mass is 464 g/mol. The summed E-state index contributed by atoms with van der Waals surface area (Å²) in [5.41, 5.74) is 3.78. The van der Waals surface area contributed by atoms with Crippen LogP contribution in [0.1, 0.15) is 29.7 Å². The van der Waals surface area contributed by atoms with E-state index in [0.29, 0.717) is 0 Å². The summed E-state index contributed by atoms with van der Waals surface area (Å²) in [6.45, 7) is 5.31. The van der Waals surface area contributed by atoms with Gasteiger partial charge in [-0.05, 0) is 61.3 Å². The van der Waals surface area contributed by atoms with Crippen molar-refractivity contribution in [3.8, 4) is 11.5 Å². The second kappa shape index (κ2) is 10.2. The van der Waals surface area contributed by atoms with Crippen LogP contribution in [0.4, 0.5) is 0 Å². The first-order chi connectivity index (χ1) is 15.9. The number of methoxy groups -OCH3 is 2. The van der Waals surface area contributed by atoms with Crippen LogP contribution in [0, 0.1) is 0 Å². The highest BCUT2D eigenvalue weighted by Gasteiger charge is 2.38. The number of ether oxygens (including phenoxy) is 2. The van der Waals surface area contributed by atoms with E-state index in [1.54, 1.807) is 14.2 Å². The molecule has 0 aromatic heterocycles. The van der Waals surface area contributed by atoms with Crippen molar-refractivity contribution in [1.82, 2.24) is 9.80 Å². The van der Waals surface area contributed by atoms with Gasteiger partial charge in [0, 0.05) is 30.2 Å². The lowest BCUT2D eigenvalue weighted by atomic mass is 9.86. The molecule has 0 amide bonds. The van der Waals surface area contributed by atoms with Crippen LogP contribution in [0.3, 0.4) is 0 Å². The number of hydrogen-bond acceptors (Lipinski definition) is 4. The van der Waals surface area contributed by atoms with Gasteiger partial charge < -0.3 is 9.47 Å². The van der Waals surface area contributed by atoms with Crippen molar-refractivity contribution in [2.24, 2.45) is 0 Å². The molecule has 0 aliphatic carbocycles. The minimum atomic E-state index is -0.0305. The van der Waals surface area contributed by atoms with E-state index in [0.717, 1.165) is 42.6 Å². The van der Waals surface area contributed by atoms with Gasteiger partial charge in [-0.3, -0.25) is 9.80 Å². The Hall–Kier alpha value is -2.53. The van der Waals surface area contributed by atoms with Crippen LogP contribution in [0.25, 0.3) is 0 Å². The second-order valence-corrected chi connectivity index (χ2v) is 9.56. The second-order valence-electron chi connectivity index (χ2n) is 9.12. The summed E-state index contributed by atoms with van der Waals surface area (Å²) in [4.78, 5) is 5.10. The number of benzene rings is 3. The Balaban J connectivity index is 1.65. The number of likely N-dealkylation sites (N-methyl/N-ethyl adjacent to an activating group) is 1. The highest BCUT2D eigenvalue weighted by Crippen LogP contribution is 2.36. The summed E-state index contributed by atoms with van der Waals surface area (Å²) < 4.78 is 11.0. The van der Waals surface area contributed by atoms with Crippen LogP contribution in [-0.4, -0.2) is 56.2 Å². The van der Waals surface area contributed by atoms with Gasteiger partial charge >= 0.3 is 0 Å². The lowest BCUT2D eigenvalue weighted by Crippen LogP contribution is -2.60. The van der Waals surface area contributed by atoms with Gasteiger partial charge in [0.1, 0.15) is 0 Å². The van der Waals surface area contributed by atoms with Crippen molar-refractivity contribution in [2.75, 3.05) is 40.9 Å². The van der Waals surface area contributed by atoms with Gasteiger partial charge in [-0.2, -0.15) is 0 Å². The Bertz CT molecular complexity index is 1060. The van der Waals surface area contributed by atoms with E-state index in [2.05, 4.69) is 78.4 Å². The fourth-order valence-corrected chi connectivity index (χ4v) is 5.05. The molecule has 3 aromatic rings. The molecular weight excluding hydrogens is 432 g/mol. The number of nitrogens with zero attached hydrogens (tertiary/aromatic N) is 2. The molecule has 1 fully saturated rings. The van der Waals surface area contributed by atoms with Gasteiger partial charge in [-0.15, -0.1) is 0 Å². The maximum absolute atomic E-state index is 6.21. The maximum Gasteiger partial charge on any atom is 0.160 e. The summed E-state index contributed by atoms with van der Waals surface area (Å²) >= 11 is 6.21. The largest absolute Gasteiger partial charge is 0.493 e. The molecule has 1 saturated heterocycles. The molecule has 0 N–H and O–H groups in total. The fourth-order valence-electron chi connectivity index (χ4n) is 4.92. The minimum Gasteiger partial charge on any atom is -0.493 e. The minimum absolute atomic E-state index is 0.0305. The van der Waals surface area contributed by atoms with E-state index in [1.165, 1.54) is 16.7 Å². The third-order valence-corrected chi connectivity index (χ3v) is 7.14. The third kappa shape index (κ3) is 5.19. The molecule has 1 aliphatic rings. The van der Waals surface area contributed by atoms with Crippen molar-refractivity contribution >= 4 is 11.6 Å². The Kier molecular flexibility index (Phi) is 7.28. The summed E-state index contributed by atoms with van der Waals surface area (Å²) in [7, 11) is 5.60. The van der Waals surface area contributed by atoms with Crippen LogP contribution in [-0.2, 0) is 6.42 Å². The predicted octanol–water partition coefficient (Wildman–Crippen LogP) is 5.70. The maximum atomic E-state index is 6.21. The zero-order valence-corrected chi connectivity index (χ0v) is 20.7. The first kappa shape index (κ1) is 23.6. The highest BCUT2D eigenvalue weighted by molar-refractivity contribution is 6.30. The van der Waals surface area contributed by atoms with Crippen LogP contribution in [0.2, 0.25) is 5.02 Å². The molecule has 2 atom stereocenters. The van der Waals surface area contributed by atoms with E-state index in [1.807, 2.05) is 18.2 Å². The van der Waals surface area contributed by atoms with Crippen molar-refractivity contribution < 1.29 is 9.47 Å². The molecule has 0 saturated carbocycles. The Morgan fingerprint density at radius 3 is 2.21 bits per heavy atom. The zero-order valence-electron chi connectivity index (χ0n) is 19.9. The molecule has 1 heterocycles. The number of rotatable bonds is 7. The van der Waals surface area contributed by atoms with Crippen LogP contribution in [0.5, 0.6) is 11.5 Å². The van der Waals surface area contributed by atoms with Gasteiger partial charge in [-0.25, -0.2) is 0 Å². The summed E-state index contributed by atoms with van der Waals surface area (Å²) in [5, 5.41) is 0.766. The first-order valence-electron chi connectivity index (χ1n) is 11.4. The predicted molar refractivity (Wildman–Crippen MR) is 136 cm³/mol. The summed E-state index contributed by atoms with van der Waals surface area (Å²) in [6.07, 6.45) is 0.919. The molecule has 174 valence electrons. The quantitative estimate of drug-likeness (QED) is 0.448. The summed E-state index contributed by atoms with van der Waals surface area (Å²) in [6, 6.07) is 25.5. The SMILES string of the molecule is COc1ccc(CC2(C)CN(C(c3ccccc3)c3ccc(Cl)cc3)CCN2C)cc1OC. The van der Waals surface area contributed by atoms with E-state index < -0.39 is 0 Å². The number of halogens is 1. The Morgan fingerprint density at radius 2 is 1.55 bits per heavy atom. The van der Waals surface area contributed by atoms with E-state index in [-0.39, 0.29) is 11.6 Å². The first-order valence-corrected chi connectivity index (χ1v) is 11.8. The average molecular weight is 465 g/mol. The van der Waals surface area contributed by atoms with Gasteiger partial charge in [0.15, 0.2) is 11.5 Å². The molecule has 5 heteroatoms. The van der Waals surface area contributed by atoms with Crippen LogP contribution in [0.15, 0.2) is 72.8 Å². The van der Waals surface area contributed by atoms with E-state index in [4.69, 9.17) is 21.1 Å². The standard InChI is InChI=1S/C28H33ClN2O2/c1-28(19-21-10-15-25(32-3)26(18-21)33-4)20-31(17-16-30(28)2)27(22-8-6-5-7-9-22)23-11-13-24(29)14-12-23/h5-15,18,27H,16-17,19-20H2,1-4H3. The molecule has 1 aliphatic heterocycles. The number of piperazine rings is 1. The lowest BCUT2D eigenvalue weighted by Gasteiger charge is -2.50. The topological polar surface area (TPSA) is 24.9 Å². The van der Waals surface area contributed by atoms with Crippen molar-refractivity contribution in [3.63, 3.8) is 0 Å². The lowest BCUT2D eigenvalue weighted by molar-refractivity contribution is 0.0133. The molecular formula is C28H33ClN2O2. The normalized spacial score (nSPS) is 20.4. The van der Waals surface area contributed by atoms with E-state index in [9.17, 15) is 0 Å². The van der Waals surface area contributed by atoms with Crippen molar-refractivity contribution in [1.29, 1.82) is 0 Å². The Labute approximate surface area is 202 Å². The Morgan fingerprint density at radius 1 is 0.879 bits per heavy atom. The average Bonchev–Trinajstić information content (AvgIpc) is 2.83. The molecule has 3 aromatic carbocycles. The van der Waals surface area contributed by atoms with Crippen molar-refractivity contribution in [3.05, 3.63) is 94.5 Å². The molecule has 0 bridgehead atoms. The fraction of sp³-hybridized carbons (Fsp3) is 0.357. The smallest absolute Gasteiger partial charge is 0.160 e. The third-order valence-electron chi connectivity index (χ3n) is 6.89. The molecule has 4 nitrogen and oxygen atoms in total. The summed E-state index contributed by atoms with van der Waals surface area (Å²) in [5.74, 6) is 1.54. The molecule has 2 unspecified atom stereocenters. The van der Waals surface area contributed by atoms with E-state index >= 15 is 0 Å². The van der Waals surface area contributed by atoms with Crippen molar-refractivity contribution in [2.45, 2.75) is 24.9 Å². The van der Waals surface area contributed by atoms with Gasteiger partial charge in [-0.1, -0.05) is 60.1 Å². The zero-order chi connectivity index (χ0) is 23.4. The van der Waals surface area contributed by atoms with Gasteiger partial charge in [0.2, 0.25) is 0 Å². The van der Waals surface area contributed by atoms with Crippen LogP contribution < -0.4 is 9.47 Å². The van der Waals surface area contributed by atoms with Gasteiger partial charge in [0.05, 0.1) is 20.3 Å². The van der Waals surface area contributed by atoms with Crippen LogP contribution >= 0.6 is 11.6 Å². The molecule has 4 rings (SSSR count). The van der Waals surface area contributed by atoms with Gasteiger partial charge in [0.25, 0.3) is 0 Å². The molecule has 33 heavy (non-hydrogen) atoms. The highest BCUT2D eigenvalue weighted by atomic mass is 35.5.